The number of carbonyl (C=O) groups is 1. The maximum atomic E-state index is 12.7. The van der Waals surface area contributed by atoms with E-state index in [-0.39, 0.29) is 11.9 Å². The summed E-state index contributed by atoms with van der Waals surface area (Å²) in [6.07, 6.45) is 0.383. The molecule has 8 heteroatoms. The van der Waals surface area contributed by atoms with Gasteiger partial charge < -0.3 is 5.32 Å². The predicted octanol–water partition coefficient (Wildman–Crippen LogP) is 2.27. The SMILES string of the molecule is Cc1cccc(NC(=O)C2CC(c3cccs3)NS(=O)(=O)N2C)c1. The van der Waals surface area contributed by atoms with Gasteiger partial charge in [0.05, 0.1) is 6.04 Å². The molecule has 1 fully saturated rings. The summed E-state index contributed by atoms with van der Waals surface area (Å²) >= 11 is 1.47. The van der Waals surface area contributed by atoms with Crippen molar-refractivity contribution >= 4 is 33.1 Å². The number of anilines is 1. The first-order chi connectivity index (χ1) is 11.4. The molecule has 2 N–H and O–H groups in total. The number of thiophene rings is 1. The Labute approximate surface area is 145 Å². The van der Waals surface area contributed by atoms with E-state index < -0.39 is 16.3 Å². The van der Waals surface area contributed by atoms with Gasteiger partial charge in [-0.25, -0.2) is 0 Å². The smallest absolute Gasteiger partial charge is 0.280 e. The minimum atomic E-state index is -3.70. The Morgan fingerprint density at radius 2 is 2.12 bits per heavy atom. The summed E-state index contributed by atoms with van der Waals surface area (Å²) < 4.78 is 28.4. The molecule has 1 aliphatic heterocycles. The van der Waals surface area contributed by atoms with Gasteiger partial charge in [0, 0.05) is 17.6 Å². The number of nitrogens with one attached hydrogen (secondary N) is 2. The summed E-state index contributed by atoms with van der Waals surface area (Å²) in [6, 6.07) is 10.0. The van der Waals surface area contributed by atoms with Crippen LogP contribution in [0.25, 0.3) is 0 Å². The van der Waals surface area contributed by atoms with Crippen LogP contribution in [0, 0.1) is 6.92 Å². The van der Waals surface area contributed by atoms with E-state index in [9.17, 15) is 13.2 Å². The number of nitrogens with zero attached hydrogens (tertiary/aromatic N) is 1. The second kappa shape index (κ2) is 6.64. The van der Waals surface area contributed by atoms with Crippen molar-refractivity contribution in [2.75, 3.05) is 12.4 Å². The Balaban J connectivity index is 1.83. The van der Waals surface area contributed by atoms with Crippen molar-refractivity contribution in [3.8, 4) is 0 Å². The zero-order valence-corrected chi connectivity index (χ0v) is 15.0. The second-order valence-corrected chi connectivity index (χ2v) is 8.56. The Morgan fingerprint density at radius 3 is 2.79 bits per heavy atom. The quantitative estimate of drug-likeness (QED) is 0.876. The standard InChI is InChI=1S/C16H19N3O3S2/c1-11-5-3-6-12(9-11)17-16(20)14-10-13(15-7-4-8-23-15)18-24(21,22)19(14)2/h3-9,13-14,18H,10H2,1-2H3,(H,17,20). The van der Waals surface area contributed by atoms with Crippen molar-refractivity contribution in [3.63, 3.8) is 0 Å². The minimum Gasteiger partial charge on any atom is -0.325 e. The number of likely N-dealkylation sites (N-methyl/N-ethyl adjacent to an activating group) is 1. The van der Waals surface area contributed by atoms with Crippen LogP contribution in [0.15, 0.2) is 41.8 Å². The van der Waals surface area contributed by atoms with Crippen LogP contribution in [0.4, 0.5) is 5.69 Å². The first kappa shape index (κ1) is 17.1. The molecular weight excluding hydrogens is 346 g/mol. The van der Waals surface area contributed by atoms with Gasteiger partial charge in [0.15, 0.2) is 0 Å². The van der Waals surface area contributed by atoms with E-state index in [1.165, 1.54) is 18.4 Å². The van der Waals surface area contributed by atoms with Crippen LogP contribution >= 0.6 is 11.3 Å². The molecule has 2 aromatic rings. The van der Waals surface area contributed by atoms with Gasteiger partial charge in [0.1, 0.15) is 6.04 Å². The molecular formula is C16H19N3O3S2. The highest BCUT2D eigenvalue weighted by molar-refractivity contribution is 7.87. The summed E-state index contributed by atoms with van der Waals surface area (Å²) in [5.41, 5.74) is 1.69. The number of amides is 1. The first-order valence-electron chi connectivity index (χ1n) is 7.53. The molecule has 2 heterocycles. The molecule has 1 amide bonds. The predicted molar refractivity (Wildman–Crippen MR) is 95.1 cm³/mol. The minimum absolute atomic E-state index is 0.324. The lowest BCUT2D eigenvalue weighted by Gasteiger charge is -2.35. The molecule has 0 radical (unpaired) electrons. The molecule has 0 saturated carbocycles. The summed E-state index contributed by atoms with van der Waals surface area (Å²) in [4.78, 5) is 13.6. The van der Waals surface area contributed by atoms with Crippen LogP contribution in [0.5, 0.6) is 0 Å². The molecule has 128 valence electrons. The largest absolute Gasteiger partial charge is 0.325 e. The lowest BCUT2D eigenvalue weighted by Crippen LogP contribution is -2.55. The maximum absolute atomic E-state index is 12.7. The molecule has 1 aromatic carbocycles. The maximum Gasteiger partial charge on any atom is 0.280 e. The lowest BCUT2D eigenvalue weighted by atomic mass is 10.1. The normalized spacial score (nSPS) is 23.8. The van der Waals surface area contributed by atoms with Gasteiger partial charge in [-0.3, -0.25) is 4.79 Å². The van der Waals surface area contributed by atoms with Gasteiger partial charge in [-0.05, 0) is 42.5 Å². The number of benzene rings is 1. The van der Waals surface area contributed by atoms with E-state index in [2.05, 4.69) is 10.0 Å². The number of aryl methyl sites for hydroxylation is 1. The second-order valence-electron chi connectivity index (χ2n) is 5.82. The first-order valence-corrected chi connectivity index (χ1v) is 9.85. The van der Waals surface area contributed by atoms with E-state index in [4.69, 9.17) is 0 Å². The lowest BCUT2D eigenvalue weighted by molar-refractivity contribution is -0.120. The van der Waals surface area contributed by atoms with E-state index in [0.717, 1.165) is 14.7 Å². The van der Waals surface area contributed by atoms with Gasteiger partial charge in [-0.15, -0.1) is 11.3 Å². The Hall–Kier alpha value is -1.74. The van der Waals surface area contributed by atoms with Crippen molar-refractivity contribution in [3.05, 3.63) is 52.2 Å². The van der Waals surface area contributed by atoms with E-state index in [1.807, 2.05) is 42.6 Å². The van der Waals surface area contributed by atoms with Crippen LogP contribution in [-0.2, 0) is 15.0 Å². The average molecular weight is 365 g/mol. The molecule has 0 spiro atoms. The van der Waals surface area contributed by atoms with Crippen LogP contribution in [0.2, 0.25) is 0 Å². The van der Waals surface area contributed by atoms with Gasteiger partial charge >= 0.3 is 0 Å². The summed E-state index contributed by atoms with van der Waals surface area (Å²) in [5.74, 6) is -0.324. The van der Waals surface area contributed by atoms with Crippen molar-refractivity contribution in [2.24, 2.45) is 0 Å². The molecule has 3 rings (SSSR count). The molecule has 0 bridgehead atoms. The van der Waals surface area contributed by atoms with Crippen molar-refractivity contribution in [1.82, 2.24) is 9.03 Å². The molecule has 24 heavy (non-hydrogen) atoms. The van der Waals surface area contributed by atoms with Gasteiger partial charge in [0.25, 0.3) is 10.2 Å². The van der Waals surface area contributed by atoms with E-state index >= 15 is 0 Å². The molecule has 1 aromatic heterocycles. The van der Waals surface area contributed by atoms with Crippen LogP contribution in [0.1, 0.15) is 22.9 Å². The van der Waals surface area contributed by atoms with Gasteiger partial charge in [-0.2, -0.15) is 17.4 Å². The fraction of sp³-hybridized carbons (Fsp3) is 0.312. The molecule has 1 saturated heterocycles. The average Bonchev–Trinajstić information content (AvgIpc) is 3.04. The highest BCUT2D eigenvalue weighted by atomic mass is 32.2. The van der Waals surface area contributed by atoms with E-state index in [1.54, 1.807) is 6.07 Å². The van der Waals surface area contributed by atoms with Gasteiger partial charge in [0.2, 0.25) is 5.91 Å². The number of hydrogen-bond donors (Lipinski definition) is 2. The third-order valence-electron chi connectivity index (χ3n) is 4.04. The Bertz CT molecular complexity index is 834. The molecule has 2 atom stereocenters. The molecule has 2 unspecified atom stereocenters. The Kier molecular flexibility index (Phi) is 4.73. The van der Waals surface area contributed by atoms with Crippen LogP contribution in [0.3, 0.4) is 0 Å². The van der Waals surface area contributed by atoms with Crippen molar-refractivity contribution < 1.29 is 13.2 Å². The highest BCUT2D eigenvalue weighted by Gasteiger charge is 2.40. The third-order valence-corrected chi connectivity index (χ3v) is 6.62. The van der Waals surface area contributed by atoms with Crippen LogP contribution < -0.4 is 10.0 Å². The molecule has 6 nitrogen and oxygen atoms in total. The fourth-order valence-corrected chi connectivity index (χ4v) is 4.87. The van der Waals surface area contributed by atoms with Crippen molar-refractivity contribution in [2.45, 2.75) is 25.4 Å². The Morgan fingerprint density at radius 1 is 1.33 bits per heavy atom. The van der Waals surface area contributed by atoms with Crippen molar-refractivity contribution in [1.29, 1.82) is 0 Å². The number of hydrogen-bond acceptors (Lipinski definition) is 4. The topological polar surface area (TPSA) is 78.5 Å². The van der Waals surface area contributed by atoms with Crippen LogP contribution in [-0.4, -0.2) is 31.7 Å². The zero-order chi connectivity index (χ0) is 17.3. The summed E-state index contributed by atoms with van der Waals surface area (Å²) in [7, 11) is -2.28. The molecule has 1 aliphatic rings. The molecule has 0 aliphatic carbocycles. The zero-order valence-electron chi connectivity index (χ0n) is 13.4. The van der Waals surface area contributed by atoms with Gasteiger partial charge in [-0.1, -0.05) is 18.2 Å². The number of carbonyl (C=O) groups excluding carboxylic acids is 1. The highest BCUT2D eigenvalue weighted by Crippen LogP contribution is 2.30. The summed E-state index contributed by atoms with van der Waals surface area (Å²) in [5, 5.41) is 4.71. The third kappa shape index (κ3) is 3.51. The van der Waals surface area contributed by atoms with E-state index in [0.29, 0.717) is 12.1 Å². The summed E-state index contributed by atoms with van der Waals surface area (Å²) in [6.45, 7) is 1.93. The fourth-order valence-electron chi connectivity index (χ4n) is 2.73. The monoisotopic (exact) mass is 365 g/mol. The number of rotatable bonds is 3.